The number of carbonyl (C=O) groups excluding carboxylic acids is 1. The second-order valence-corrected chi connectivity index (χ2v) is 7.53. The summed E-state index contributed by atoms with van der Waals surface area (Å²) in [5, 5.41) is 5.34. The van der Waals surface area contributed by atoms with Crippen LogP contribution in [-0.4, -0.2) is 11.6 Å². The maximum atomic E-state index is 12.4. The molecular formula is C19H24N2O2. The van der Waals surface area contributed by atoms with E-state index in [-0.39, 0.29) is 11.3 Å². The number of hydrazone groups is 1. The number of fused-ring (bicyclic) bond motifs is 1. The van der Waals surface area contributed by atoms with E-state index < -0.39 is 0 Å². The molecule has 0 bridgehead atoms. The van der Waals surface area contributed by atoms with Crippen LogP contribution in [-0.2, 0) is 0 Å². The summed E-state index contributed by atoms with van der Waals surface area (Å²) in [7, 11) is 0. The lowest BCUT2D eigenvalue weighted by Gasteiger charge is -2.34. The molecule has 1 saturated carbocycles. The summed E-state index contributed by atoms with van der Waals surface area (Å²) in [6.45, 7) is 8.65. The van der Waals surface area contributed by atoms with Crippen LogP contribution in [0.15, 0.2) is 33.8 Å². The highest BCUT2D eigenvalue weighted by Gasteiger charge is 2.29. The van der Waals surface area contributed by atoms with Gasteiger partial charge >= 0.3 is 5.91 Å². The Labute approximate surface area is 136 Å². The summed E-state index contributed by atoms with van der Waals surface area (Å²) < 4.78 is 5.68. The van der Waals surface area contributed by atoms with Crippen molar-refractivity contribution in [2.24, 2.45) is 16.4 Å². The number of carbonyl (C=O) groups is 1. The zero-order chi connectivity index (χ0) is 16.6. The molecule has 1 N–H and O–H groups in total. The van der Waals surface area contributed by atoms with Crippen molar-refractivity contribution in [3.63, 3.8) is 0 Å². The van der Waals surface area contributed by atoms with Gasteiger partial charge in [0.2, 0.25) is 0 Å². The molecule has 1 aliphatic rings. The van der Waals surface area contributed by atoms with Crippen LogP contribution in [0.2, 0.25) is 0 Å². The van der Waals surface area contributed by atoms with Gasteiger partial charge in [-0.25, -0.2) is 5.43 Å². The van der Waals surface area contributed by atoms with Gasteiger partial charge in [0, 0.05) is 16.7 Å². The third-order valence-corrected chi connectivity index (χ3v) is 4.53. The van der Waals surface area contributed by atoms with Crippen LogP contribution in [0.4, 0.5) is 0 Å². The Morgan fingerprint density at radius 3 is 2.78 bits per heavy atom. The first kappa shape index (κ1) is 15.8. The minimum absolute atomic E-state index is 0.247. The van der Waals surface area contributed by atoms with E-state index in [0.717, 1.165) is 35.1 Å². The zero-order valence-corrected chi connectivity index (χ0v) is 14.3. The fourth-order valence-electron chi connectivity index (χ4n) is 3.77. The Bertz CT molecular complexity index is 771. The number of nitrogens with zero attached hydrogens (tertiary/aromatic N) is 1. The van der Waals surface area contributed by atoms with Gasteiger partial charge in [0.1, 0.15) is 5.58 Å². The van der Waals surface area contributed by atoms with Crippen LogP contribution in [0.3, 0.4) is 0 Å². The third-order valence-electron chi connectivity index (χ3n) is 4.53. The molecule has 1 heterocycles. The fourth-order valence-corrected chi connectivity index (χ4v) is 3.77. The van der Waals surface area contributed by atoms with Crippen LogP contribution in [0.1, 0.15) is 56.2 Å². The standard InChI is InChI=1S/C19H24N2O2/c1-12-9-14(11-19(3,4)10-12)20-21-18(22)17-13(2)15-7-5-6-8-16(15)23-17/h5-8,12H,9-11H2,1-4H3,(H,21,22)/b20-14+/t12-/m1/s1. The van der Waals surface area contributed by atoms with Crippen molar-refractivity contribution in [3.05, 3.63) is 35.6 Å². The number of hydrogen-bond donors (Lipinski definition) is 1. The minimum Gasteiger partial charge on any atom is -0.451 e. The van der Waals surface area contributed by atoms with Crippen molar-refractivity contribution in [1.29, 1.82) is 0 Å². The summed E-state index contributed by atoms with van der Waals surface area (Å²) in [6, 6.07) is 7.68. The molecule has 4 heteroatoms. The molecule has 0 radical (unpaired) electrons. The molecule has 0 aliphatic heterocycles. The molecule has 0 saturated heterocycles. The highest BCUT2D eigenvalue weighted by atomic mass is 16.3. The second-order valence-electron chi connectivity index (χ2n) is 7.53. The first-order chi connectivity index (χ1) is 10.9. The quantitative estimate of drug-likeness (QED) is 0.819. The molecule has 2 aromatic rings. The Balaban J connectivity index is 1.78. The number of benzene rings is 1. The van der Waals surface area contributed by atoms with Crippen molar-refractivity contribution < 1.29 is 9.21 Å². The monoisotopic (exact) mass is 312 g/mol. The van der Waals surface area contributed by atoms with Gasteiger partial charge in [0.05, 0.1) is 0 Å². The Kier molecular flexibility index (Phi) is 4.00. The lowest BCUT2D eigenvalue weighted by atomic mass is 9.72. The van der Waals surface area contributed by atoms with Gasteiger partial charge in [-0.1, -0.05) is 39.0 Å². The Morgan fingerprint density at radius 1 is 1.35 bits per heavy atom. The Morgan fingerprint density at radius 2 is 2.09 bits per heavy atom. The summed E-state index contributed by atoms with van der Waals surface area (Å²) in [6.07, 6.45) is 3.07. The number of nitrogens with one attached hydrogen (secondary N) is 1. The molecule has 23 heavy (non-hydrogen) atoms. The van der Waals surface area contributed by atoms with Gasteiger partial charge in [0.25, 0.3) is 0 Å². The maximum Gasteiger partial charge on any atom is 0.307 e. The number of aryl methyl sites for hydroxylation is 1. The van der Waals surface area contributed by atoms with E-state index >= 15 is 0 Å². The molecule has 1 aromatic carbocycles. The van der Waals surface area contributed by atoms with Gasteiger partial charge in [0.15, 0.2) is 5.76 Å². The van der Waals surface area contributed by atoms with Crippen molar-refractivity contribution in [1.82, 2.24) is 5.43 Å². The zero-order valence-electron chi connectivity index (χ0n) is 14.3. The molecule has 0 unspecified atom stereocenters. The molecular weight excluding hydrogens is 288 g/mol. The van der Waals surface area contributed by atoms with Gasteiger partial charge in [-0.3, -0.25) is 4.79 Å². The van der Waals surface area contributed by atoms with Crippen LogP contribution < -0.4 is 5.43 Å². The smallest absolute Gasteiger partial charge is 0.307 e. The lowest BCUT2D eigenvalue weighted by Crippen LogP contribution is -2.30. The molecule has 3 rings (SSSR count). The first-order valence-corrected chi connectivity index (χ1v) is 8.19. The predicted octanol–water partition coefficient (Wildman–Crippen LogP) is 4.67. The molecule has 1 atom stereocenters. The molecule has 1 amide bonds. The number of furan rings is 1. The van der Waals surface area contributed by atoms with Crippen LogP contribution in [0.5, 0.6) is 0 Å². The average molecular weight is 312 g/mol. The van der Waals surface area contributed by atoms with Crippen LogP contribution >= 0.6 is 0 Å². The largest absolute Gasteiger partial charge is 0.451 e. The summed E-state index contributed by atoms with van der Waals surface area (Å²) >= 11 is 0. The normalized spacial score (nSPS) is 22.4. The van der Waals surface area contributed by atoms with Crippen molar-refractivity contribution >= 4 is 22.6 Å². The molecule has 1 fully saturated rings. The lowest BCUT2D eigenvalue weighted by molar-refractivity contribution is 0.0927. The highest BCUT2D eigenvalue weighted by Crippen LogP contribution is 2.36. The van der Waals surface area contributed by atoms with E-state index in [2.05, 4.69) is 31.3 Å². The van der Waals surface area contributed by atoms with Crippen molar-refractivity contribution in [3.8, 4) is 0 Å². The first-order valence-electron chi connectivity index (χ1n) is 8.19. The van der Waals surface area contributed by atoms with Crippen molar-refractivity contribution in [2.75, 3.05) is 0 Å². The number of para-hydroxylation sites is 1. The van der Waals surface area contributed by atoms with Crippen LogP contribution in [0, 0.1) is 18.3 Å². The van der Waals surface area contributed by atoms with E-state index in [1.54, 1.807) is 0 Å². The predicted molar refractivity (Wildman–Crippen MR) is 92.6 cm³/mol. The fraction of sp³-hybridized carbons (Fsp3) is 0.474. The maximum absolute atomic E-state index is 12.4. The molecule has 1 aliphatic carbocycles. The number of amides is 1. The third kappa shape index (κ3) is 3.31. The number of rotatable bonds is 2. The molecule has 122 valence electrons. The minimum atomic E-state index is -0.276. The van der Waals surface area contributed by atoms with Gasteiger partial charge < -0.3 is 4.42 Å². The number of hydrogen-bond acceptors (Lipinski definition) is 3. The average Bonchev–Trinajstić information content (AvgIpc) is 2.80. The topological polar surface area (TPSA) is 54.6 Å². The van der Waals surface area contributed by atoms with Gasteiger partial charge in [-0.2, -0.15) is 5.10 Å². The SMILES string of the molecule is Cc1c(C(=O)N/N=C2\C[C@@H](C)CC(C)(C)C2)oc2ccccc12. The van der Waals surface area contributed by atoms with Crippen LogP contribution in [0.25, 0.3) is 11.0 Å². The second kappa shape index (κ2) is 5.84. The molecule has 1 aromatic heterocycles. The Hall–Kier alpha value is -2.10. The summed E-state index contributed by atoms with van der Waals surface area (Å²) in [5.41, 5.74) is 5.58. The van der Waals surface area contributed by atoms with E-state index in [1.807, 2.05) is 31.2 Å². The van der Waals surface area contributed by atoms with Gasteiger partial charge in [-0.15, -0.1) is 0 Å². The van der Waals surface area contributed by atoms with Crippen molar-refractivity contribution in [2.45, 2.75) is 47.0 Å². The molecule has 4 nitrogen and oxygen atoms in total. The van der Waals surface area contributed by atoms with E-state index in [4.69, 9.17) is 4.42 Å². The molecule has 0 spiro atoms. The van der Waals surface area contributed by atoms with E-state index in [9.17, 15) is 4.79 Å². The summed E-state index contributed by atoms with van der Waals surface area (Å²) in [4.78, 5) is 12.4. The highest BCUT2D eigenvalue weighted by molar-refractivity contribution is 5.99. The summed E-state index contributed by atoms with van der Waals surface area (Å²) in [5.74, 6) is 0.670. The van der Waals surface area contributed by atoms with E-state index in [1.165, 1.54) is 6.42 Å². The van der Waals surface area contributed by atoms with E-state index in [0.29, 0.717) is 11.7 Å². The van der Waals surface area contributed by atoms with Gasteiger partial charge in [-0.05, 0) is 43.6 Å².